The molecule has 0 aromatic heterocycles. The third-order valence-corrected chi connectivity index (χ3v) is 1.33. The van der Waals surface area contributed by atoms with Crippen LogP contribution in [0.2, 0.25) is 0 Å². The Morgan fingerprint density at radius 2 is 1.88 bits per heavy atom. The Bertz CT molecular complexity index is 224. The summed E-state index contributed by atoms with van der Waals surface area (Å²) in [6, 6.07) is 0. The Labute approximate surface area is 48.5 Å². The van der Waals surface area contributed by atoms with Crippen molar-refractivity contribution in [3.05, 3.63) is 47.6 Å². The van der Waals surface area contributed by atoms with E-state index in [1.54, 1.807) is 0 Å². The van der Waals surface area contributed by atoms with Crippen molar-refractivity contribution in [3.63, 3.8) is 0 Å². The lowest BCUT2D eigenvalue weighted by Crippen LogP contribution is -1.49. The van der Waals surface area contributed by atoms with Gasteiger partial charge in [0.05, 0.1) is 0 Å². The number of hydrogen-bond donors (Lipinski definition) is 0. The smallest absolute Gasteiger partial charge is 0.0178 e. The van der Waals surface area contributed by atoms with Crippen molar-refractivity contribution in [3.8, 4) is 0 Å². The molecule has 0 aromatic rings. The van der Waals surface area contributed by atoms with Gasteiger partial charge in [0.15, 0.2) is 0 Å². The Morgan fingerprint density at radius 3 is 2.88 bits per heavy atom. The standard InChI is InChI=1S/C8H6/c1-2-4-7-6-8(7)5-3-1/h1-6H. The lowest BCUT2D eigenvalue weighted by molar-refractivity contribution is 1.87. The molecule has 0 amide bonds. The summed E-state index contributed by atoms with van der Waals surface area (Å²) < 4.78 is 0. The summed E-state index contributed by atoms with van der Waals surface area (Å²) in [6.45, 7) is 0. The second-order valence-corrected chi connectivity index (χ2v) is 1.97. The quantitative estimate of drug-likeness (QED) is 0.438. The molecule has 8 heavy (non-hydrogen) atoms. The van der Waals surface area contributed by atoms with E-state index in [1.165, 1.54) is 11.1 Å². The third-order valence-electron chi connectivity index (χ3n) is 1.33. The number of hydrogen-bond acceptors (Lipinski definition) is 0. The SMILES string of the molecule is C1=CC=C2C=C2C=C1. The van der Waals surface area contributed by atoms with Crippen molar-refractivity contribution >= 4 is 0 Å². The van der Waals surface area contributed by atoms with Gasteiger partial charge in [-0.25, -0.2) is 0 Å². The maximum atomic E-state index is 2.17. The minimum atomic E-state index is 1.38. The van der Waals surface area contributed by atoms with Gasteiger partial charge < -0.3 is 0 Å². The highest BCUT2D eigenvalue weighted by molar-refractivity contribution is 5.65. The lowest BCUT2D eigenvalue weighted by Gasteiger charge is -1.67. The molecule has 0 aromatic carbocycles. The van der Waals surface area contributed by atoms with E-state index in [0.717, 1.165) is 0 Å². The summed E-state index contributed by atoms with van der Waals surface area (Å²) in [4.78, 5) is 0. The summed E-state index contributed by atoms with van der Waals surface area (Å²) in [5, 5.41) is 0. The molecule has 2 aliphatic rings. The first-order chi connectivity index (χ1) is 3.97. The maximum absolute atomic E-state index is 2.17. The van der Waals surface area contributed by atoms with Crippen LogP contribution < -0.4 is 0 Å². The van der Waals surface area contributed by atoms with Crippen LogP contribution in [0, 0.1) is 0 Å². The van der Waals surface area contributed by atoms with Gasteiger partial charge in [-0.1, -0.05) is 30.4 Å². The second-order valence-electron chi connectivity index (χ2n) is 1.97. The van der Waals surface area contributed by atoms with Gasteiger partial charge in [0.2, 0.25) is 0 Å². The topological polar surface area (TPSA) is 0 Å². The van der Waals surface area contributed by atoms with E-state index in [4.69, 9.17) is 0 Å². The molecule has 0 radical (unpaired) electrons. The molecule has 0 unspecified atom stereocenters. The number of allylic oxidation sites excluding steroid dienone is 8. The predicted octanol–water partition coefficient (Wildman–Crippen LogP) is 1.98. The lowest BCUT2D eigenvalue weighted by atomic mass is 10.4. The zero-order chi connectivity index (χ0) is 5.40. The van der Waals surface area contributed by atoms with Crippen molar-refractivity contribution in [1.82, 2.24) is 0 Å². The van der Waals surface area contributed by atoms with Crippen LogP contribution in [0.5, 0.6) is 0 Å². The highest BCUT2D eigenvalue weighted by Crippen LogP contribution is 2.29. The van der Waals surface area contributed by atoms with E-state index in [0.29, 0.717) is 0 Å². The van der Waals surface area contributed by atoms with Crippen LogP contribution in [0.1, 0.15) is 0 Å². The minimum absolute atomic E-state index is 1.38. The van der Waals surface area contributed by atoms with Gasteiger partial charge >= 0.3 is 0 Å². The monoisotopic (exact) mass is 102 g/mol. The summed E-state index contributed by atoms with van der Waals surface area (Å²) in [5.74, 6) is 0. The van der Waals surface area contributed by atoms with Crippen LogP contribution in [-0.4, -0.2) is 0 Å². The molecule has 0 nitrogen and oxygen atoms in total. The van der Waals surface area contributed by atoms with Gasteiger partial charge in [0.25, 0.3) is 0 Å². The predicted molar refractivity (Wildman–Crippen MR) is 34.4 cm³/mol. The van der Waals surface area contributed by atoms with Crippen LogP contribution in [-0.2, 0) is 0 Å². The van der Waals surface area contributed by atoms with E-state index in [2.05, 4.69) is 30.4 Å². The summed E-state index contributed by atoms with van der Waals surface area (Å²) in [6.07, 6.45) is 12.6. The molecule has 0 aliphatic heterocycles. The average molecular weight is 102 g/mol. The van der Waals surface area contributed by atoms with Gasteiger partial charge in [-0.3, -0.25) is 0 Å². The van der Waals surface area contributed by atoms with Crippen molar-refractivity contribution in [1.29, 1.82) is 0 Å². The highest BCUT2D eigenvalue weighted by atomic mass is 14.1. The van der Waals surface area contributed by atoms with E-state index in [9.17, 15) is 0 Å². The molecular formula is C8H6. The Balaban J connectivity index is 2.42. The van der Waals surface area contributed by atoms with Gasteiger partial charge in [-0.15, -0.1) is 0 Å². The molecule has 0 saturated carbocycles. The fourth-order valence-corrected chi connectivity index (χ4v) is 0.803. The molecule has 2 rings (SSSR count). The first kappa shape index (κ1) is 3.90. The van der Waals surface area contributed by atoms with Crippen LogP contribution >= 0.6 is 0 Å². The first-order valence-corrected chi connectivity index (χ1v) is 2.74. The number of rotatable bonds is 0. The first-order valence-electron chi connectivity index (χ1n) is 2.74. The van der Waals surface area contributed by atoms with Gasteiger partial charge in [0.1, 0.15) is 0 Å². The van der Waals surface area contributed by atoms with Gasteiger partial charge in [-0.2, -0.15) is 0 Å². The Hall–Kier alpha value is -1.04. The Kier molecular flexibility index (Phi) is 0.595. The van der Waals surface area contributed by atoms with Crippen molar-refractivity contribution in [2.45, 2.75) is 0 Å². The van der Waals surface area contributed by atoms with Crippen molar-refractivity contribution in [2.75, 3.05) is 0 Å². The van der Waals surface area contributed by atoms with Crippen molar-refractivity contribution in [2.24, 2.45) is 0 Å². The normalized spacial score (nSPS) is 21.0. The van der Waals surface area contributed by atoms with Gasteiger partial charge in [0, 0.05) is 0 Å². The molecule has 0 N–H and O–H groups in total. The van der Waals surface area contributed by atoms with Crippen LogP contribution in [0.15, 0.2) is 47.6 Å². The summed E-state index contributed by atoms with van der Waals surface area (Å²) >= 11 is 0. The zero-order valence-electron chi connectivity index (χ0n) is 4.46. The molecule has 38 valence electrons. The molecule has 0 heterocycles. The molecule has 0 bridgehead atoms. The molecular weight excluding hydrogens is 96.1 g/mol. The largest absolute Gasteiger partial charge is 0.0622 e. The van der Waals surface area contributed by atoms with E-state index < -0.39 is 0 Å². The van der Waals surface area contributed by atoms with E-state index >= 15 is 0 Å². The van der Waals surface area contributed by atoms with Crippen LogP contribution in [0.3, 0.4) is 0 Å². The summed E-state index contributed by atoms with van der Waals surface area (Å²) in [7, 11) is 0. The van der Waals surface area contributed by atoms with Gasteiger partial charge in [-0.05, 0) is 17.2 Å². The molecule has 0 atom stereocenters. The second kappa shape index (κ2) is 1.22. The number of fused-ring (bicyclic) bond motifs is 1. The van der Waals surface area contributed by atoms with E-state index in [-0.39, 0.29) is 0 Å². The molecule has 0 fully saturated rings. The summed E-state index contributed by atoms with van der Waals surface area (Å²) in [5.41, 5.74) is 2.77. The maximum Gasteiger partial charge on any atom is -0.0178 e. The Morgan fingerprint density at radius 1 is 0.875 bits per heavy atom. The third kappa shape index (κ3) is 0.463. The molecule has 0 spiro atoms. The van der Waals surface area contributed by atoms with Crippen molar-refractivity contribution < 1.29 is 0 Å². The highest BCUT2D eigenvalue weighted by Gasteiger charge is 2.11. The fraction of sp³-hybridized carbons (Fsp3) is 0. The fourth-order valence-electron chi connectivity index (χ4n) is 0.803. The molecule has 2 aliphatic carbocycles. The van der Waals surface area contributed by atoms with Crippen LogP contribution in [0.4, 0.5) is 0 Å². The van der Waals surface area contributed by atoms with E-state index in [1.807, 2.05) is 6.08 Å². The average Bonchev–Trinajstić information content (AvgIpc) is 2.36. The molecule has 0 saturated heterocycles. The zero-order valence-corrected chi connectivity index (χ0v) is 4.46. The molecule has 0 heteroatoms. The minimum Gasteiger partial charge on any atom is -0.0622 e. The van der Waals surface area contributed by atoms with Crippen LogP contribution in [0.25, 0.3) is 0 Å².